The number of fused-ring (bicyclic) bond motifs is 3. The molecule has 0 aromatic heterocycles. The van der Waals surface area contributed by atoms with Gasteiger partial charge in [0.1, 0.15) is 6.10 Å². The SMILES string of the molecule is C=CC1=CC(=O)C2C(CCC3C(C)(C)C(O)C(=O)CC23C)C1C. The number of aliphatic hydroxyl groups is 1. The monoisotopic (exact) mass is 316 g/mol. The van der Waals surface area contributed by atoms with Crippen LogP contribution in [0.15, 0.2) is 24.3 Å². The third-order valence-corrected chi connectivity index (χ3v) is 7.21. The summed E-state index contributed by atoms with van der Waals surface area (Å²) in [6.07, 6.45) is 4.90. The second-order valence-electron chi connectivity index (χ2n) is 8.68. The number of carbonyl (C=O) groups is 2. The smallest absolute Gasteiger partial charge is 0.162 e. The first kappa shape index (κ1) is 16.6. The quantitative estimate of drug-likeness (QED) is 0.807. The molecule has 2 fully saturated rings. The van der Waals surface area contributed by atoms with Crippen LogP contribution in [0.4, 0.5) is 0 Å². The highest BCUT2D eigenvalue weighted by atomic mass is 16.3. The maximum Gasteiger partial charge on any atom is 0.162 e. The highest BCUT2D eigenvalue weighted by Crippen LogP contribution is 2.62. The van der Waals surface area contributed by atoms with E-state index in [9.17, 15) is 14.7 Å². The van der Waals surface area contributed by atoms with Crippen LogP contribution in [0.1, 0.15) is 47.0 Å². The van der Waals surface area contributed by atoms with Gasteiger partial charge in [0, 0.05) is 17.8 Å². The van der Waals surface area contributed by atoms with Gasteiger partial charge in [0.25, 0.3) is 0 Å². The average molecular weight is 316 g/mol. The minimum atomic E-state index is -0.910. The van der Waals surface area contributed by atoms with Crippen LogP contribution in [0.5, 0.6) is 0 Å². The molecule has 3 heteroatoms. The van der Waals surface area contributed by atoms with Gasteiger partial charge in [0.2, 0.25) is 0 Å². The zero-order chi connectivity index (χ0) is 17.2. The summed E-state index contributed by atoms with van der Waals surface area (Å²) in [5.74, 6) is 0.705. The molecule has 0 radical (unpaired) electrons. The van der Waals surface area contributed by atoms with Crippen molar-refractivity contribution in [1.29, 1.82) is 0 Å². The Morgan fingerprint density at radius 2 is 1.91 bits per heavy atom. The fourth-order valence-corrected chi connectivity index (χ4v) is 6.05. The Bertz CT molecular complexity index is 600. The number of hydrogen-bond acceptors (Lipinski definition) is 3. The van der Waals surface area contributed by atoms with E-state index >= 15 is 0 Å². The topological polar surface area (TPSA) is 54.4 Å². The van der Waals surface area contributed by atoms with E-state index in [0.29, 0.717) is 12.3 Å². The van der Waals surface area contributed by atoms with E-state index in [1.165, 1.54) is 0 Å². The molecule has 3 nitrogen and oxygen atoms in total. The third-order valence-electron chi connectivity index (χ3n) is 7.21. The fourth-order valence-electron chi connectivity index (χ4n) is 6.05. The summed E-state index contributed by atoms with van der Waals surface area (Å²) < 4.78 is 0. The first-order valence-electron chi connectivity index (χ1n) is 8.73. The van der Waals surface area contributed by atoms with Crippen molar-refractivity contribution in [2.24, 2.45) is 34.5 Å². The molecule has 0 aliphatic heterocycles. The van der Waals surface area contributed by atoms with Gasteiger partial charge in [-0.3, -0.25) is 9.59 Å². The van der Waals surface area contributed by atoms with E-state index < -0.39 is 11.5 Å². The summed E-state index contributed by atoms with van der Waals surface area (Å²) in [5, 5.41) is 10.4. The lowest BCUT2D eigenvalue weighted by Crippen LogP contribution is -2.62. The zero-order valence-electron chi connectivity index (χ0n) is 14.6. The number of rotatable bonds is 1. The Hall–Kier alpha value is -1.22. The van der Waals surface area contributed by atoms with Crippen LogP contribution in [0, 0.1) is 34.5 Å². The highest BCUT2D eigenvalue weighted by Gasteiger charge is 2.62. The van der Waals surface area contributed by atoms with Crippen LogP contribution in [-0.4, -0.2) is 22.8 Å². The van der Waals surface area contributed by atoms with Crippen molar-refractivity contribution in [3.8, 4) is 0 Å². The molecule has 3 rings (SSSR count). The molecule has 0 bridgehead atoms. The number of allylic oxidation sites excluding steroid dienone is 3. The first-order chi connectivity index (χ1) is 10.6. The van der Waals surface area contributed by atoms with Gasteiger partial charge in [-0.25, -0.2) is 0 Å². The van der Waals surface area contributed by atoms with E-state index in [-0.39, 0.29) is 34.7 Å². The van der Waals surface area contributed by atoms with Gasteiger partial charge in [0.15, 0.2) is 11.6 Å². The van der Waals surface area contributed by atoms with E-state index in [1.54, 1.807) is 12.2 Å². The molecular formula is C20H28O3. The van der Waals surface area contributed by atoms with Crippen molar-refractivity contribution >= 4 is 11.6 Å². The fraction of sp³-hybridized carbons (Fsp3) is 0.700. The molecule has 3 aliphatic carbocycles. The van der Waals surface area contributed by atoms with E-state index in [4.69, 9.17) is 0 Å². The van der Waals surface area contributed by atoms with Gasteiger partial charge in [0.05, 0.1) is 0 Å². The van der Waals surface area contributed by atoms with Gasteiger partial charge in [-0.1, -0.05) is 40.3 Å². The second-order valence-corrected chi connectivity index (χ2v) is 8.68. The van der Waals surface area contributed by atoms with Crippen molar-refractivity contribution in [2.45, 2.75) is 53.1 Å². The third kappa shape index (κ3) is 2.12. The maximum absolute atomic E-state index is 12.9. The van der Waals surface area contributed by atoms with Gasteiger partial charge in [-0.2, -0.15) is 0 Å². The van der Waals surface area contributed by atoms with Crippen molar-refractivity contribution in [3.63, 3.8) is 0 Å². The summed E-state index contributed by atoms with van der Waals surface area (Å²) in [6, 6.07) is 0. The molecule has 6 unspecified atom stereocenters. The van der Waals surface area contributed by atoms with Gasteiger partial charge >= 0.3 is 0 Å². The number of carbonyl (C=O) groups excluding carboxylic acids is 2. The Kier molecular flexibility index (Phi) is 3.72. The summed E-state index contributed by atoms with van der Waals surface area (Å²) in [7, 11) is 0. The molecular weight excluding hydrogens is 288 g/mol. The molecule has 3 aliphatic rings. The summed E-state index contributed by atoms with van der Waals surface area (Å²) in [6.45, 7) is 12.1. The van der Waals surface area contributed by atoms with Crippen molar-refractivity contribution < 1.29 is 14.7 Å². The van der Waals surface area contributed by atoms with E-state index in [1.807, 2.05) is 13.8 Å². The number of aliphatic hydroxyl groups excluding tert-OH is 1. The summed E-state index contributed by atoms with van der Waals surface area (Å²) in [5.41, 5.74) is 0.206. The number of ketones is 2. The van der Waals surface area contributed by atoms with Gasteiger partial charge in [-0.15, -0.1) is 0 Å². The van der Waals surface area contributed by atoms with Crippen molar-refractivity contribution in [2.75, 3.05) is 0 Å². The standard InChI is InChI=1S/C20H28O3/c1-6-12-9-14(21)17-13(11(12)2)7-8-16-19(3,4)18(23)15(22)10-20(16,17)5/h6,9,11,13,16-18,23H,1,7-8,10H2,2-5H3. The average Bonchev–Trinajstić information content (AvgIpc) is 2.47. The number of hydrogen-bond donors (Lipinski definition) is 1. The predicted molar refractivity (Wildman–Crippen MR) is 89.7 cm³/mol. The molecule has 1 N–H and O–H groups in total. The Morgan fingerprint density at radius 1 is 1.26 bits per heavy atom. The van der Waals surface area contributed by atoms with Crippen LogP contribution in [-0.2, 0) is 9.59 Å². The van der Waals surface area contributed by atoms with Crippen LogP contribution < -0.4 is 0 Å². The second kappa shape index (κ2) is 5.14. The van der Waals surface area contributed by atoms with Crippen molar-refractivity contribution in [3.05, 3.63) is 24.3 Å². The normalized spacial score (nSPS) is 45.8. The molecule has 23 heavy (non-hydrogen) atoms. The summed E-state index contributed by atoms with van der Waals surface area (Å²) in [4.78, 5) is 25.4. The Morgan fingerprint density at radius 3 is 2.52 bits per heavy atom. The zero-order valence-corrected chi connectivity index (χ0v) is 14.6. The molecule has 0 heterocycles. The first-order valence-corrected chi connectivity index (χ1v) is 8.73. The van der Waals surface area contributed by atoms with E-state index in [2.05, 4.69) is 20.4 Å². The lowest BCUT2D eigenvalue weighted by molar-refractivity contribution is -0.175. The molecule has 0 aromatic rings. The highest BCUT2D eigenvalue weighted by molar-refractivity contribution is 5.96. The van der Waals surface area contributed by atoms with E-state index in [0.717, 1.165) is 18.4 Å². The van der Waals surface area contributed by atoms with Gasteiger partial charge < -0.3 is 5.11 Å². The molecule has 0 saturated heterocycles. The lowest BCUT2D eigenvalue weighted by Gasteiger charge is -2.60. The summed E-state index contributed by atoms with van der Waals surface area (Å²) >= 11 is 0. The molecule has 126 valence electrons. The van der Waals surface area contributed by atoms with Crippen LogP contribution >= 0.6 is 0 Å². The largest absolute Gasteiger partial charge is 0.385 e. The molecule has 6 atom stereocenters. The van der Waals surface area contributed by atoms with Crippen LogP contribution in [0.2, 0.25) is 0 Å². The lowest BCUT2D eigenvalue weighted by atomic mass is 9.43. The van der Waals surface area contributed by atoms with Gasteiger partial charge in [-0.05, 0) is 47.7 Å². The molecule has 0 aromatic carbocycles. The maximum atomic E-state index is 12.9. The Labute approximate surface area is 138 Å². The van der Waals surface area contributed by atoms with Crippen molar-refractivity contribution in [1.82, 2.24) is 0 Å². The molecule has 0 spiro atoms. The molecule has 2 saturated carbocycles. The minimum Gasteiger partial charge on any atom is -0.385 e. The number of Topliss-reactive ketones (excluding diaryl/α,β-unsaturated/α-hetero) is 1. The predicted octanol–water partition coefficient (Wildman–Crippen LogP) is 3.33. The Balaban J connectivity index is 2.09. The molecule has 0 amide bonds. The van der Waals surface area contributed by atoms with Crippen LogP contribution in [0.25, 0.3) is 0 Å². The van der Waals surface area contributed by atoms with Crippen LogP contribution in [0.3, 0.4) is 0 Å². The minimum absolute atomic E-state index is 0.103.